The standard InChI is InChI=1S/C20H18ClF3N4O2S/c1-11(2)7-17(30)25-14-5-3-12(4-6-14)16(29)10-31-19-27-26-18-15(21)8-13(9-28(18)19)20(22,23)24/h3-6,8-9,11H,7,10H2,1-2H3,(H,25,30). The molecule has 0 atom stereocenters. The highest BCUT2D eigenvalue weighted by atomic mass is 35.5. The fourth-order valence-corrected chi connectivity index (χ4v) is 3.77. The van der Waals surface area contributed by atoms with Crippen molar-refractivity contribution >= 4 is 46.4 Å². The minimum Gasteiger partial charge on any atom is -0.326 e. The van der Waals surface area contributed by atoms with E-state index in [1.807, 2.05) is 13.8 Å². The largest absolute Gasteiger partial charge is 0.417 e. The van der Waals surface area contributed by atoms with Crippen molar-refractivity contribution in [1.82, 2.24) is 14.6 Å². The first-order valence-electron chi connectivity index (χ1n) is 9.22. The van der Waals surface area contributed by atoms with Crippen LogP contribution in [-0.4, -0.2) is 32.0 Å². The molecule has 0 bridgehead atoms. The van der Waals surface area contributed by atoms with Gasteiger partial charge in [-0.2, -0.15) is 13.2 Å². The molecule has 6 nitrogen and oxygen atoms in total. The van der Waals surface area contributed by atoms with Gasteiger partial charge in [0.2, 0.25) is 5.91 Å². The van der Waals surface area contributed by atoms with E-state index in [0.717, 1.165) is 28.4 Å². The van der Waals surface area contributed by atoms with Crippen molar-refractivity contribution in [3.8, 4) is 0 Å². The average molecular weight is 471 g/mol. The fraction of sp³-hybridized carbons (Fsp3) is 0.300. The molecular formula is C20H18ClF3N4O2S. The molecule has 2 aromatic heterocycles. The summed E-state index contributed by atoms with van der Waals surface area (Å²) in [5, 5.41) is 10.3. The number of carbonyl (C=O) groups excluding carboxylic acids is 2. The van der Waals surface area contributed by atoms with Crippen LogP contribution in [0.5, 0.6) is 0 Å². The van der Waals surface area contributed by atoms with Gasteiger partial charge in [-0.1, -0.05) is 37.2 Å². The smallest absolute Gasteiger partial charge is 0.326 e. The maximum atomic E-state index is 13.0. The first kappa shape index (κ1) is 23.1. The van der Waals surface area contributed by atoms with Crippen LogP contribution in [0.1, 0.15) is 36.2 Å². The van der Waals surface area contributed by atoms with Gasteiger partial charge < -0.3 is 5.32 Å². The Morgan fingerprint density at radius 3 is 2.48 bits per heavy atom. The van der Waals surface area contributed by atoms with Crippen LogP contribution < -0.4 is 5.32 Å². The zero-order valence-corrected chi connectivity index (χ0v) is 18.1. The van der Waals surface area contributed by atoms with Crippen molar-refractivity contribution in [2.45, 2.75) is 31.6 Å². The van der Waals surface area contributed by atoms with Crippen LogP contribution in [0.3, 0.4) is 0 Å². The van der Waals surface area contributed by atoms with Crippen molar-refractivity contribution in [1.29, 1.82) is 0 Å². The van der Waals surface area contributed by atoms with Crippen molar-refractivity contribution in [3.05, 3.63) is 52.7 Å². The van der Waals surface area contributed by atoms with Crippen LogP contribution in [0.25, 0.3) is 5.65 Å². The predicted octanol–water partition coefficient (Wildman–Crippen LogP) is 5.36. The van der Waals surface area contributed by atoms with E-state index in [0.29, 0.717) is 17.7 Å². The average Bonchev–Trinajstić information content (AvgIpc) is 3.09. The molecule has 0 spiro atoms. The number of thioether (sulfide) groups is 1. The molecule has 3 aromatic rings. The van der Waals surface area contributed by atoms with Gasteiger partial charge in [0, 0.05) is 23.9 Å². The molecule has 1 aromatic carbocycles. The lowest BCUT2D eigenvalue weighted by molar-refractivity contribution is -0.137. The lowest BCUT2D eigenvalue weighted by atomic mass is 10.1. The third kappa shape index (κ3) is 5.76. The van der Waals surface area contributed by atoms with Crippen LogP contribution in [0.15, 0.2) is 41.7 Å². The number of pyridine rings is 1. The molecule has 0 saturated carbocycles. The quantitative estimate of drug-likeness (QED) is 0.371. The number of fused-ring (bicyclic) bond motifs is 1. The number of rotatable bonds is 7. The monoisotopic (exact) mass is 470 g/mol. The Hall–Kier alpha value is -2.59. The Labute approximate surface area is 185 Å². The van der Waals surface area contributed by atoms with Gasteiger partial charge in [0.25, 0.3) is 0 Å². The lowest BCUT2D eigenvalue weighted by Crippen LogP contribution is -2.14. The molecule has 0 aliphatic carbocycles. The van der Waals surface area contributed by atoms with Gasteiger partial charge >= 0.3 is 6.18 Å². The highest BCUT2D eigenvalue weighted by Crippen LogP contribution is 2.33. The third-order valence-electron chi connectivity index (χ3n) is 4.17. The molecule has 0 saturated heterocycles. The van der Waals surface area contributed by atoms with Gasteiger partial charge in [-0.05, 0) is 36.2 Å². The Balaban J connectivity index is 1.69. The highest BCUT2D eigenvalue weighted by molar-refractivity contribution is 7.99. The Morgan fingerprint density at radius 2 is 1.87 bits per heavy atom. The van der Waals surface area contributed by atoms with E-state index in [9.17, 15) is 22.8 Å². The molecule has 1 N–H and O–H groups in total. The second kappa shape index (κ2) is 9.27. The number of halogens is 4. The van der Waals surface area contributed by atoms with E-state index >= 15 is 0 Å². The molecule has 164 valence electrons. The van der Waals surface area contributed by atoms with E-state index < -0.39 is 11.7 Å². The van der Waals surface area contributed by atoms with Gasteiger partial charge in [0.1, 0.15) is 0 Å². The van der Waals surface area contributed by atoms with Gasteiger partial charge in [-0.15, -0.1) is 10.2 Å². The topological polar surface area (TPSA) is 76.4 Å². The normalized spacial score (nSPS) is 11.8. The third-order valence-corrected chi connectivity index (χ3v) is 5.39. The lowest BCUT2D eigenvalue weighted by Gasteiger charge is -2.09. The van der Waals surface area contributed by atoms with Gasteiger partial charge in [0.15, 0.2) is 16.6 Å². The van der Waals surface area contributed by atoms with Crippen molar-refractivity contribution in [2.24, 2.45) is 5.92 Å². The number of aromatic nitrogens is 3. The number of Topliss-reactive ketones (excluding diaryl/α,β-unsaturated/α-hetero) is 1. The number of nitrogens with one attached hydrogen (secondary N) is 1. The molecule has 1 amide bonds. The van der Waals surface area contributed by atoms with Gasteiger partial charge in [-0.3, -0.25) is 14.0 Å². The van der Waals surface area contributed by atoms with E-state index in [-0.39, 0.29) is 39.2 Å². The molecule has 0 aliphatic rings. The minimum absolute atomic E-state index is 0.0618. The van der Waals surface area contributed by atoms with Crippen LogP contribution in [0, 0.1) is 5.92 Å². The molecule has 31 heavy (non-hydrogen) atoms. The van der Waals surface area contributed by atoms with Gasteiger partial charge in [-0.25, -0.2) is 0 Å². The molecule has 0 fully saturated rings. The van der Waals surface area contributed by atoms with E-state index in [1.54, 1.807) is 24.3 Å². The number of nitrogens with zero attached hydrogens (tertiary/aromatic N) is 3. The van der Waals surface area contributed by atoms with Gasteiger partial charge in [0.05, 0.1) is 16.3 Å². The zero-order valence-electron chi connectivity index (χ0n) is 16.5. The van der Waals surface area contributed by atoms with E-state index in [1.165, 1.54) is 0 Å². The molecule has 3 rings (SSSR count). The summed E-state index contributed by atoms with van der Waals surface area (Å²) in [5.74, 6) is -0.193. The minimum atomic E-state index is -4.58. The summed E-state index contributed by atoms with van der Waals surface area (Å²) in [6.45, 7) is 3.88. The van der Waals surface area contributed by atoms with Crippen molar-refractivity contribution in [2.75, 3.05) is 11.1 Å². The molecule has 0 radical (unpaired) electrons. The van der Waals surface area contributed by atoms with Crippen molar-refractivity contribution < 1.29 is 22.8 Å². The summed E-state index contributed by atoms with van der Waals surface area (Å²) in [6.07, 6.45) is -3.33. The fourth-order valence-electron chi connectivity index (χ4n) is 2.72. The summed E-state index contributed by atoms with van der Waals surface area (Å²) in [4.78, 5) is 24.3. The zero-order chi connectivity index (χ0) is 22.8. The van der Waals surface area contributed by atoms with E-state index in [2.05, 4.69) is 15.5 Å². The Morgan fingerprint density at radius 1 is 1.19 bits per heavy atom. The second-order valence-corrected chi connectivity index (χ2v) is 8.54. The number of alkyl halides is 3. The molecule has 0 aliphatic heterocycles. The number of carbonyl (C=O) groups is 2. The Kier molecular flexibility index (Phi) is 6.90. The maximum absolute atomic E-state index is 13.0. The number of ketones is 1. The first-order chi connectivity index (χ1) is 14.5. The summed E-state index contributed by atoms with van der Waals surface area (Å²) >= 11 is 6.84. The number of hydrogen-bond donors (Lipinski definition) is 1. The first-order valence-corrected chi connectivity index (χ1v) is 10.6. The number of anilines is 1. The SMILES string of the molecule is CC(C)CC(=O)Nc1ccc(C(=O)CSc2nnc3c(Cl)cc(C(F)(F)F)cn23)cc1. The molecule has 2 heterocycles. The summed E-state index contributed by atoms with van der Waals surface area (Å²) in [7, 11) is 0. The molecule has 11 heteroatoms. The number of amides is 1. The predicted molar refractivity (Wildman–Crippen MR) is 113 cm³/mol. The van der Waals surface area contributed by atoms with Crippen LogP contribution in [-0.2, 0) is 11.0 Å². The van der Waals surface area contributed by atoms with E-state index in [4.69, 9.17) is 11.6 Å². The van der Waals surface area contributed by atoms with Crippen LogP contribution in [0.2, 0.25) is 5.02 Å². The number of benzene rings is 1. The molecule has 0 unspecified atom stereocenters. The number of hydrogen-bond acceptors (Lipinski definition) is 5. The summed E-state index contributed by atoms with van der Waals surface area (Å²) in [6, 6.07) is 7.19. The van der Waals surface area contributed by atoms with Crippen molar-refractivity contribution in [3.63, 3.8) is 0 Å². The van der Waals surface area contributed by atoms with Crippen LogP contribution in [0.4, 0.5) is 18.9 Å². The van der Waals surface area contributed by atoms with Crippen LogP contribution >= 0.6 is 23.4 Å². The summed E-state index contributed by atoms with van der Waals surface area (Å²) < 4.78 is 40.3. The second-order valence-electron chi connectivity index (χ2n) is 7.19. The highest BCUT2D eigenvalue weighted by Gasteiger charge is 2.32. The molecular weight excluding hydrogens is 453 g/mol. The maximum Gasteiger partial charge on any atom is 0.417 e. The Bertz CT molecular complexity index is 1110. The summed E-state index contributed by atoms with van der Waals surface area (Å²) in [5.41, 5.74) is 0.115.